The summed E-state index contributed by atoms with van der Waals surface area (Å²) in [7, 11) is 0. The van der Waals surface area contributed by atoms with Crippen molar-refractivity contribution in [2.24, 2.45) is 5.16 Å². The average Bonchev–Trinajstić information content (AvgIpc) is 2.59. The molecule has 0 heterocycles. The fraction of sp³-hybridized carbons (Fsp3) is 0.300. The zero-order chi connectivity index (χ0) is 9.26. The minimum Gasteiger partial charge on any atom is -0.411 e. The first-order valence-electron chi connectivity index (χ1n) is 4.30. The van der Waals surface area contributed by atoms with E-state index < -0.39 is 0 Å². The normalized spacial score (nSPS) is 15.2. The molecule has 0 aromatic heterocycles. The van der Waals surface area contributed by atoms with Crippen molar-refractivity contribution in [3.8, 4) is 0 Å². The molecule has 68 valence electrons. The third-order valence-corrected chi connectivity index (χ3v) is 3.20. The first kappa shape index (κ1) is 8.75. The first-order chi connectivity index (χ1) is 6.33. The van der Waals surface area contributed by atoms with Crippen molar-refractivity contribution in [2.45, 2.75) is 19.3 Å². The minimum atomic E-state index is 1.04. The van der Waals surface area contributed by atoms with E-state index >= 15 is 0 Å². The summed E-state index contributed by atoms with van der Waals surface area (Å²) in [6.07, 6.45) is 4.93. The van der Waals surface area contributed by atoms with Gasteiger partial charge in [-0.1, -0.05) is 27.2 Å². The predicted molar refractivity (Wildman–Crippen MR) is 55.5 cm³/mol. The van der Waals surface area contributed by atoms with Crippen molar-refractivity contribution in [1.82, 2.24) is 0 Å². The second-order valence-corrected chi connectivity index (χ2v) is 4.05. The van der Waals surface area contributed by atoms with Gasteiger partial charge in [0.05, 0.1) is 6.21 Å². The molecule has 0 saturated carbocycles. The van der Waals surface area contributed by atoms with E-state index in [0.29, 0.717) is 0 Å². The summed E-state index contributed by atoms with van der Waals surface area (Å²) in [6, 6.07) is 4.00. The van der Waals surface area contributed by atoms with Gasteiger partial charge in [0.25, 0.3) is 0 Å². The molecule has 0 fully saturated rings. The molecule has 0 spiro atoms. The molecule has 2 rings (SSSR count). The molecule has 1 N–H and O–H groups in total. The van der Waals surface area contributed by atoms with E-state index in [1.807, 2.05) is 12.1 Å². The lowest BCUT2D eigenvalue weighted by Gasteiger charge is -2.04. The van der Waals surface area contributed by atoms with Crippen LogP contribution in [0.25, 0.3) is 0 Å². The van der Waals surface area contributed by atoms with Crippen LogP contribution in [0.5, 0.6) is 0 Å². The fourth-order valence-corrected chi connectivity index (χ4v) is 2.44. The lowest BCUT2D eigenvalue weighted by Crippen LogP contribution is -1.92. The van der Waals surface area contributed by atoms with Gasteiger partial charge in [-0.2, -0.15) is 0 Å². The SMILES string of the molecule is O/N=C/c1ccc(Br)c2c1CCC2. The van der Waals surface area contributed by atoms with Gasteiger partial charge < -0.3 is 5.21 Å². The summed E-state index contributed by atoms with van der Waals surface area (Å²) in [5.41, 5.74) is 3.74. The zero-order valence-corrected chi connectivity index (χ0v) is 8.71. The van der Waals surface area contributed by atoms with Gasteiger partial charge in [0.2, 0.25) is 0 Å². The standard InChI is InChI=1S/C10H10BrNO/c11-10-5-4-7(6-12-13)8-2-1-3-9(8)10/h4-6,13H,1-3H2/b12-6+. The summed E-state index contributed by atoms with van der Waals surface area (Å²) >= 11 is 3.53. The molecule has 13 heavy (non-hydrogen) atoms. The van der Waals surface area contributed by atoms with Gasteiger partial charge in [-0.3, -0.25) is 0 Å². The van der Waals surface area contributed by atoms with Crippen molar-refractivity contribution in [2.75, 3.05) is 0 Å². The van der Waals surface area contributed by atoms with E-state index in [1.54, 1.807) is 0 Å². The van der Waals surface area contributed by atoms with Gasteiger partial charge in [0, 0.05) is 4.47 Å². The Morgan fingerprint density at radius 2 is 2.08 bits per heavy atom. The maximum Gasteiger partial charge on any atom is 0.0736 e. The largest absolute Gasteiger partial charge is 0.411 e. The third-order valence-electron chi connectivity index (χ3n) is 2.46. The van der Waals surface area contributed by atoms with Crippen LogP contribution in [0.4, 0.5) is 0 Å². The molecule has 1 aliphatic rings. The Bertz CT molecular complexity index is 360. The van der Waals surface area contributed by atoms with Gasteiger partial charge in [-0.25, -0.2) is 0 Å². The fourth-order valence-electron chi connectivity index (χ4n) is 1.87. The highest BCUT2D eigenvalue weighted by molar-refractivity contribution is 9.10. The number of hydrogen-bond donors (Lipinski definition) is 1. The molecule has 0 amide bonds. The number of nitrogens with zero attached hydrogens (tertiary/aromatic N) is 1. The highest BCUT2D eigenvalue weighted by atomic mass is 79.9. The molecule has 0 aliphatic heterocycles. The number of hydrogen-bond acceptors (Lipinski definition) is 2. The lowest BCUT2D eigenvalue weighted by atomic mass is 10.0. The van der Waals surface area contributed by atoms with E-state index in [1.165, 1.54) is 28.2 Å². The monoisotopic (exact) mass is 239 g/mol. The van der Waals surface area contributed by atoms with Crippen LogP contribution >= 0.6 is 15.9 Å². The molecule has 0 atom stereocenters. The number of fused-ring (bicyclic) bond motifs is 1. The minimum absolute atomic E-state index is 1.04. The Hall–Kier alpha value is -0.830. The van der Waals surface area contributed by atoms with Crippen molar-refractivity contribution in [3.05, 3.63) is 33.3 Å². The van der Waals surface area contributed by atoms with Crippen molar-refractivity contribution in [1.29, 1.82) is 0 Å². The van der Waals surface area contributed by atoms with Crippen LogP contribution in [0, 0.1) is 0 Å². The van der Waals surface area contributed by atoms with Gasteiger partial charge in [0.1, 0.15) is 0 Å². The first-order valence-corrected chi connectivity index (χ1v) is 5.10. The Balaban J connectivity index is 2.55. The van der Waals surface area contributed by atoms with Crippen LogP contribution < -0.4 is 0 Å². The summed E-state index contributed by atoms with van der Waals surface area (Å²) in [5.74, 6) is 0. The predicted octanol–water partition coefficient (Wildman–Crippen LogP) is 2.75. The molecule has 1 aromatic rings. The average molecular weight is 240 g/mol. The molecule has 1 aromatic carbocycles. The van der Waals surface area contributed by atoms with Crippen LogP contribution in [-0.2, 0) is 12.8 Å². The summed E-state index contributed by atoms with van der Waals surface area (Å²) in [5, 5.41) is 11.6. The van der Waals surface area contributed by atoms with E-state index in [-0.39, 0.29) is 0 Å². The molecule has 3 heteroatoms. The van der Waals surface area contributed by atoms with Crippen LogP contribution in [0.2, 0.25) is 0 Å². The Morgan fingerprint density at radius 3 is 2.85 bits per heavy atom. The summed E-state index contributed by atoms with van der Waals surface area (Å²) < 4.78 is 1.18. The van der Waals surface area contributed by atoms with Crippen LogP contribution in [0.3, 0.4) is 0 Å². The Kier molecular flexibility index (Phi) is 2.36. The number of benzene rings is 1. The van der Waals surface area contributed by atoms with Crippen LogP contribution in [0.1, 0.15) is 23.1 Å². The number of rotatable bonds is 1. The highest BCUT2D eigenvalue weighted by Gasteiger charge is 2.16. The van der Waals surface area contributed by atoms with Crippen molar-refractivity contribution < 1.29 is 5.21 Å². The molecular weight excluding hydrogens is 230 g/mol. The van der Waals surface area contributed by atoms with Gasteiger partial charge in [0.15, 0.2) is 0 Å². The highest BCUT2D eigenvalue weighted by Crippen LogP contribution is 2.30. The molecule has 2 nitrogen and oxygen atoms in total. The van der Waals surface area contributed by atoms with Crippen LogP contribution in [-0.4, -0.2) is 11.4 Å². The van der Waals surface area contributed by atoms with Gasteiger partial charge in [-0.15, -0.1) is 0 Å². The second-order valence-electron chi connectivity index (χ2n) is 3.19. The quantitative estimate of drug-likeness (QED) is 0.457. The topological polar surface area (TPSA) is 32.6 Å². The van der Waals surface area contributed by atoms with Gasteiger partial charge in [-0.05, 0) is 42.0 Å². The van der Waals surface area contributed by atoms with E-state index in [2.05, 4.69) is 21.1 Å². The van der Waals surface area contributed by atoms with Gasteiger partial charge >= 0.3 is 0 Å². The van der Waals surface area contributed by atoms with E-state index in [9.17, 15) is 0 Å². The molecule has 0 saturated heterocycles. The van der Waals surface area contributed by atoms with Crippen LogP contribution in [0.15, 0.2) is 21.8 Å². The molecular formula is C10H10BrNO. The second kappa shape index (κ2) is 3.50. The Labute approximate surface area is 85.4 Å². The number of oxime groups is 1. The lowest BCUT2D eigenvalue weighted by molar-refractivity contribution is 0.322. The summed E-state index contributed by atoms with van der Waals surface area (Å²) in [6.45, 7) is 0. The van der Waals surface area contributed by atoms with E-state index in [0.717, 1.165) is 18.4 Å². The zero-order valence-electron chi connectivity index (χ0n) is 7.13. The molecule has 0 bridgehead atoms. The summed E-state index contributed by atoms with van der Waals surface area (Å²) in [4.78, 5) is 0. The van der Waals surface area contributed by atoms with Crippen molar-refractivity contribution in [3.63, 3.8) is 0 Å². The molecule has 0 radical (unpaired) electrons. The van der Waals surface area contributed by atoms with E-state index in [4.69, 9.17) is 5.21 Å². The van der Waals surface area contributed by atoms with Crippen molar-refractivity contribution >= 4 is 22.1 Å². The maximum atomic E-state index is 8.48. The maximum absolute atomic E-state index is 8.48. The number of halogens is 1. The Morgan fingerprint density at radius 1 is 1.31 bits per heavy atom. The smallest absolute Gasteiger partial charge is 0.0736 e. The molecule has 1 aliphatic carbocycles. The third kappa shape index (κ3) is 1.48. The molecule has 0 unspecified atom stereocenters.